The molecule has 0 aliphatic carbocycles. The number of hydrogen-bond acceptors (Lipinski definition) is 9. The summed E-state index contributed by atoms with van der Waals surface area (Å²) >= 11 is 0. The lowest BCUT2D eigenvalue weighted by Crippen LogP contribution is -2.54. The fraction of sp³-hybridized carbons (Fsp3) is 0.321. The number of ether oxygens (including phenoxy) is 2. The number of amides is 1. The minimum Gasteiger partial charge on any atom is -0.486 e. The molecule has 0 saturated carbocycles. The van der Waals surface area contributed by atoms with Crippen LogP contribution in [0.2, 0.25) is 0 Å². The first-order valence-corrected chi connectivity index (χ1v) is 13.1. The summed E-state index contributed by atoms with van der Waals surface area (Å²) in [5.41, 5.74) is 2.12. The molecule has 1 atom stereocenters. The van der Waals surface area contributed by atoms with E-state index in [2.05, 4.69) is 36.1 Å². The summed E-state index contributed by atoms with van der Waals surface area (Å²) in [7, 11) is 0. The largest absolute Gasteiger partial charge is 0.486 e. The number of carbonyl (C=O) groups is 1. The Balaban J connectivity index is 1.16. The van der Waals surface area contributed by atoms with Crippen molar-refractivity contribution < 1.29 is 14.3 Å². The Hall–Kier alpha value is -4.51. The minimum absolute atomic E-state index is 0.0213. The van der Waals surface area contributed by atoms with Crippen molar-refractivity contribution in [3.8, 4) is 17.4 Å². The van der Waals surface area contributed by atoms with Gasteiger partial charge in [-0.2, -0.15) is 4.98 Å². The van der Waals surface area contributed by atoms with Crippen LogP contribution in [0.4, 0.5) is 5.82 Å². The third kappa shape index (κ3) is 5.99. The molecule has 1 fully saturated rings. The first kappa shape index (κ1) is 24.8. The molecule has 1 unspecified atom stereocenters. The first-order chi connectivity index (χ1) is 19.2. The number of benzene rings is 1. The molecule has 2 aliphatic heterocycles. The molecule has 4 aromatic rings. The number of imidazole rings is 1. The summed E-state index contributed by atoms with van der Waals surface area (Å²) in [5, 5.41) is 3.09. The lowest BCUT2D eigenvalue weighted by atomic mass is 10.1. The summed E-state index contributed by atoms with van der Waals surface area (Å²) < 4.78 is 13.1. The van der Waals surface area contributed by atoms with Gasteiger partial charge in [-0.3, -0.25) is 19.2 Å². The van der Waals surface area contributed by atoms with Crippen LogP contribution < -0.4 is 19.7 Å². The predicted octanol–water partition coefficient (Wildman–Crippen LogP) is 2.23. The molecule has 1 amide bonds. The summed E-state index contributed by atoms with van der Waals surface area (Å²) in [5.74, 6) is 2.77. The number of pyridine rings is 1. The first-order valence-electron chi connectivity index (χ1n) is 13.1. The van der Waals surface area contributed by atoms with E-state index in [0.29, 0.717) is 32.1 Å². The van der Waals surface area contributed by atoms with Crippen LogP contribution in [-0.4, -0.2) is 74.2 Å². The van der Waals surface area contributed by atoms with E-state index in [1.54, 1.807) is 29.5 Å². The molecule has 2 aliphatic rings. The highest BCUT2D eigenvalue weighted by atomic mass is 16.6. The molecule has 3 aromatic heterocycles. The van der Waals surface area contributed by atoms with Crippen molar-refractivity contribution in [2.45, 2.75) is 25.6 Å². The Morgan fingerprint density at radius 3 is 2.77 bits per heavy atom. The zero-order valence-corrected chi connectivity index (χ0v) is 21.5. The molecule has 39 heavy (non-hydrogen) atoms. The van der Waals surface area contributed by atoms with Crippen molar-refractivity contribution in [3.05, 3.63) is 84.8 Å². The molecule has 5 heterocycles. The topological polar surface area (TPSA) is 111 Å². The molecule has 1 saturated heterocycles. The Bertz CT molecular complexity index is 1400. The van der Waals surface area contributed by atoms with E-state index in [4.69, 9.17) is 14.5 Å². The maximum Gasteiger partial charge on any atom is 0.236 e. The van der Waals surface area contributed by atoms with Crippen molar-refractivity contribution in [1.29, 1.82) is 0 Å². The van der Waals surface area contributed by atoms with Gasteiger partial charge < -0.3 is 19.7 Å². The van der Waals surface area contributed by atoms with E-state index in [0.717, 1.165) is 54.6 Å². The Morgan fingerprint density at radius 1 is 1.00 bits per heavy atom. The summed E-state index contributed by atoms with van der Waals surface area (Å²) in [6.45, 7) is 4.57. The average Bonchev–Trinajstić information content (AvgIpc) is 3.52. The number of rotatable bonds is 8. The van der Waals surface area contributed by atoms with Crippen molar-refractivity contribution in [3.63, 3.8) is 0 Å². The summed E-state index contributed by atoms with van der Waals surface area (Å²) in [6, 6.07) is 11.6. The molecule has 6 rings (SSSR count). The van der Waals surface area contributed by atoms with Crippen LogP contribution in [0.1, 0.15) is 17.5 Å². The van der Waals surface area contributed by atoms with Gasteiger partial charge in [-0.15, -0.1) is 0 Å². The number of fused-ring (bicyclic) bond motifs is 1. The number of hydrogen-bond donors (Lipinski definition) is 1. The van der Waals surface area contributed by atoms with Crippen molar-refractivity contribution >= 4 is 11.7 Å². The molecule has 200 valence electrons. The van der Waals surface area contributed by atoms with Crippen molar-refractivity contribution in [2.75, 3.05) is 37.7 Å². The van der Waals surface area contributed by atoms with E-state index in [1.807, 2.05) is 42.7 Å². The number of nitrogens with zero attached hydrogens (tertiary/aromatic N) is 7. The number of carbonyl (C=O) groups excluding carboxylic acids is 1. The summed E-state index contributed by atoms with van der Waals surface area (Å²) in [4.78, 5) is 35.3. The predicted molar refractivity (Wildman–Crippen MR) is 144 cm³/mol. The van der Waals surface area contributed by atoms with Crippen LogP contribution in [0.25, 0.3) is 5.95 Å². The lowest BCUT2D eigenvalue weighted by molar-refractivity contribution is -0.121. The van der Waals surface area contributed by atoms with Crippen molar-refractivity contribution in [2.24, 2.45) is 0 Å². The maximum absolute atomic E-state index is 13.2. The van der Waals surface area contributed by atoms with Gasteiger partial charge in [0.25, 0.3) is 0 Å². The molecule has 1 aromatic carbocycles. The van der Waals surface area contributed by atoms with E-state index >= 15 is 0 Å². The van der Waals surface area contributed by atoms with Crippen LogP contribution in [-0.2, 0) is 17.9 Å². The quantitative estimate of drug-likeness (QED) is 0.370. The molecule has 0 spiro atoms. The number of anilines is 1. The standard InChI is InChI=1S/C28H30N8O3/c37-27(32-17-21-3-4-24-25(14-21)39-13-12-38-24)15-23-19-34(18-22-2-1-6-29-16-22)10-11-36(23)26-5-7-31-28(33-26)35-9-8-30-20-35/h1-9,14,16,20,23H,10-13,15,17-19H2,(H,32,37). The third-order valence-electron chi connectivity index (χ3n) is 6.87. The van der Waals surface area contributed by atoms with Gasteiger partial charge in [0.05, 0.1) is 6.04 Å². The smallest absolute Gasteiger partial charge is 0.236 e. The monoisotopic (exact) mass is 526 g/mol. The highest BCUT2D eigenvalue weighted by Gasteiger charge is 2.30. The van der Waals surface area contributed by atoms with Gasteiger partial charge in [-0.25, -0.2) is 9.97 Å². The van der Waals surface area contributed by atoms with Gasteiger partial charge in [0.15, 0.2) is 11.5 Å². The molecule has 0 bridgehead atoms. The normalized spacial score (nSPS) is 17.1. The molecular formula is C28H30N8O3. The van der Waals surface area contributed by atoms with Crippen LogP contribution in [0, 0.1) is 0 Å². The van der Waals surface area contributed by atoms with Gasteiger partial charge in [0.2, 0.25) is 11.9 Å². The zero-order valence-electron chi connectivity index (χ0n) is 21.5. The zero-order chi connectivity index (χ0) is 26.4. The highest BCUT2D eigenvalue weighted by Crippen LogP contribution is 2.30. The second-order valence-electron chi connectivity index (χ2n) is 9.59. The Kier molecular flexibility index (Phi) is 7.30. The number of nitrogens with one attached hydrogen (secondary N) is 1. The molecule has 11 nitrogen and oxygen atoms in total. The van der Waals surface area contributed by atoms with Gasteiger partial charge >= 0.3 is 0 Å². The molecular weight excluding hydrogens is 496 g/mol. The van der Waals surface area contributed by atoms with E-state index in [9.17, 15) is 4.79 Å². The lowest BCUT2D eigenvalue weighted by Gasteiger charge is -2.42. The SMILES string of the molecule is O=C(CC1CN(Cc2cccnc2)CCN1c1ccnc(-n2ccnc2)n1)NCc1ccc2c(c1)OCCO2. The van der Waals surface area contributed by atoms with Gasteiger partial charge in [-0.1, -0.05) is 12.1 Å². The number of aromatic nitrogens is 5. The van der Waals surface area contributed by atoms with Crippen LogP contribution in [0.15, 0.2) is 73.7 Å². The Labute approximate surface area is 226 Å². The van der Waals surface area contributed by atoms with Crippen LogP contribution >= 0.6 is 0 Å². The fourth-order valence-corrected chi connectivity index (χ4v) is 4.97. The summed E-state index contributed by atoms with van der Waals surface area (Å²) in [6.07, 6.45) is 10.9. The van der Waals surface area contributed by atoms with E-state index in [1.165, 1.54) is 0 Å². The van der Waals surface area contributed by atoms with E-state index in [-0.39, 0.29) is 11.9 Å². The van der Waals surface area contributed by atoms with Gasteiger partial charge in [0, 0.05) is 70.1 Å². The molecule has 0 radical (unpaired) electrons. The van der Waals surface area contributed by atoms with Crippen molar-refractivity contribution in [1.82, 2.24) is 34.7 Å². The van der Waals surface area contributed by atoms with Gasteiger partial charge in [-0.05, 0) is 35.4 Å². The second kappa shape index (κ2) is 11.5. The molecule has 11 heteroatoms. The van der Waals surface area contributed by atoms with Gasteiger partial charge in [0.1, 0.15) is 25.4 Å². The van der Waals surface area contributed by atoms with Crippen LogP contribution in [0.3, 0.4) is 0 Å². The Morgan fingerprint density at radius 2 is 1.92 bits per heavy atom. The average molecular weight is 527 g/mol. The maximum atomic E-state index is 13.2. The number of piperazine rings is 1. The highest BCUT2D eigenvalue weighted by molar-refractivity contribution is 5.77. The van der Waals surface area contributed by atoms with Crippen LogP contribution in [0.5, 0.6) is 11.5 Å². The third-order valence-corrected chi connectivity index (χ3v) is 6.87. The fourth-order valence-electron chi connectivity index (χ4n) is 4.97. The van der Waals surface area contributed by atoms with E-state index < -0.39 is 0 Å². The second-order valence-corrected chi connectivity index (χ2v) is 9.59. The minimum atomic E-state index is -0.0683. The molecule has 1 N–H and O–H groups in total.